The molecule has 5 nitrogen and oxygen atoms in total. The molecule has 0 aliphatic carbocycles. The highest BCUT2D eigenvalue weighted by molar-refractivity contribution is 6.03. The Hall–Kier alpha value is -3.00. The second-order valence-corrected chi connectivity index (χ2v) is 6.35. The molecule has 0 unspecified atom stereocenters. The number of hydrogen-bond acceptors (Lipinski definition) is 3. The summed E-state index contributed by atoms with van der Waals surface area (Å²) in [6.07, 6.45) is 0.830. The van der Waals surface area contributed by atoms with E-state index in [1.165, 1.54) is 0 Å². The fourth-order valence-electron chi connectivity index (χ4n) is 3.32. The molecule has 0 saturated heterocycles. The smallest absolute Gasteiger partial charge is 0.231 e. The highest BCUT2D eigenvalue weighted by Crippen LogP contribution is 2.38. The summed E-state index contributed by atoms with van der Waals surface area (Å²) in [5.74, 6) is 0.0738. The molecule has 2 aromatic carbocycles. The van der Waals surface area contributed by atoms with Gasteiger partial charge in [-0.25, -0.2) is 0 Å². The van der Waals surface area contributed by atoms with E-state index in [9.17, 15) is 9.59 Å². The second-order valence-electron chi connectivity index (χ2n) is 6.35. The quantitative estimate of drug-likeness (QED) is 0.849. The van der Waals surface area contributed by atoms with Crippen LogP contribution in [0.4, 0.5) is 17.1 Å². The van der Waals surface area contributed by atoms with E-state index in [4.69, 9.17) is 0 Å². The van der Waals surface area contributed by atoms with Gasteiger partial charge < -0.3 is 15.5 Å². The van der Waals surface area contributed by atoms with Crippen molar-refractivity contribution < 1.29 is 9.59 Å². The van der Waals surface area contributed by atoms with Crippen LogP contribution in [0.2, 0.25) is 0 Å². The third kappa shape index (κ3) is 2.28. The van der Waals surface area contributed by atoms with Crippen molar-refractivity contribution in [3.8, 4) is 11.1 Å². The van der Waals surface area contributed by atoms with Crippen LogP contribution < -0.4 is 15.5 Å². The van der Waals surface area contributed by atoms with E-state index in [-0.39, 0.29) is 17.9 Å². The number of amides is 2. The number of fused-ring (bicyclic) bond motifs is 2. The van der Waals surface area contributed by atoms with E-state index in [1.54, 1.807) is 11.9 Å². The van der Waals surface area contributed by atoms with Crippen molar-refractivity contribution in [3.05, 3.63) is 42.0 Å². The van der Waals surface area contributed by atoms with Crippen LogP contribution in [0.15, 0.2) is 24.3 Å². The van der Waals surface area contributed by atoms with Crippen LogP contribution in [0.25, 0.3) is 11.1 Å². The number of hydrogen-bond donors (Lipinski definition) is 2. The van der Waals surface area contributed by atoms with Crippen molar-refractivity contribution in [1.82, 2.24) is 0 Å². The number of carbonyl (C=O) groups excluding carboxylic acids is 2. The zero-order valence-corrected chi connectivity index (χ0v) is 13.6. The van der Waals surface area contributed by atoms with Crippen molar-refractivity contribution in [1.29, 1.82) is 0 Å². The Bertz CT molecular complexity index is 860. The molecule has 120 valence electrons. The summed E-state index contributed by atoms with van der Waals surface area (Å²) >= 11 is 0. The Labute approximate surface area is 140 Å². The van der Waals surface area contributed by atoms with Gasteiger partial charge in [0.25, 0.3) is 0 Å². The van der Waals surface area contributed by atoms with Crippen LogP contribution in [0.3, 0.4) is 0 Å². The molecule has 0 spiro atoms. The van der Waals surface area contributed by atoms with Gasteiger partial charge in [0.1, 0.15) is 5.69 Å². The van der Waals surface area contributed by atoms with E-state index in [0.29, 0.717) is 18.5 Å². The summed E-state index contributed by atoms with van der Waals surface area (Å²) in [5, 5.41) is 6.27. The van der Waals surface area contributed by atoms with Gasteiger partial charge in [-0.15, -0.1) is 0 Å². The number of nitrogens with zero attached hydrogens (tertiary/aromatic N) is 1. The van der Waals surface area contributed by atoms with Gasteiger partial charge in [0.2, 0.25) is 11.8 Å². The lowest BCUT2D eigenvalue weighted by Gasteiger charge is -2.16. The molecule has 2 aliphatic rings. The van der Waals surface area contributed by atoms with Gasteiger partial charge in [0, 0.05) is 30.8 Å². The van der Waals surface area contributed by atoms with Crippen molar-refractivity contribution >= 4 is 28.9 Å². The predicted molar refractivity (Wildman–Crippen MR) is 93.0 cm³/mol. The van der Waals surface area contributed by atoms with Gasteiger partial charge in [0.15, 0.2) is 0 Å². The first-order valence-corrected chi connectivity index (χ1v) is 7.95. The topological polar surface area (TPSA) is 61.4 Å². The SMILES string of the molecule is C[C@@H]1CC(=O)Nc2c#ccc(-c3ccc4c(c3)CC(=O)N4C)c2N1. The molecule has 2 N–H and O–H groups in total. The molecule has 2 aromatic rings. The molecule has 0 bridgehead atoms. The maximum Gasteiger partial charge on any atom is 0.231 e. The standard InChI is InChI=1S/C19H17N3O2/c1-11-8-17(23)21-15-5-3-4-14(19(15)20-11)12-6-7-16-13(9-12)10-18(24)22(16)2/h4,6-7,9,11,20H,8,10H2,1-2H3,(H,21,23)/t11-/m1/s1. The minimum absolute atomic E-state index is 0.0305. The Morgan fingerprint density at radius 1 is 1.29 bits per heavy atom. The van der Waals surface area contributed by atoms with Gasteiger partial charge in [-0.05, 0) is 42.3 Å². The Balaban J connectivity index is 1.82. The molecule has 0 saturated carbocycles. The summed E-state index contributed by atoms with van der Waals surface area (Å²) in [5.41, 5.74) is 5.39. The van der Waals surface area contributed by atoms with E-state index in [2.05, 4.69) is 22.8 Å². The van der Waals surface area contributed by atoms with Gasteiger partial charge >= 0.3 is 0 Å². The lowest BCUT2D eigenvalue weighted by Crippen LogP contribution is -2.20. The summed E-state index contributed by atoms with van der Waals surface area (Å²) in [6.45, 7) is 1.98. The molecule has 0 fully saturated rings. The summed E-state index contributed by atoms with van der Waals surface area (Å²) < 4.78 is 0. The monoisotopic (exact) mass is 319 g/mol. The predicted octanol–water partition coefficient (Wildman–Crippen LogP) is 2.62. The molecule has 1 atom stereocenters. The molecule has 2 aliphatic heterocycles. The lowest BCUT2D eigenvalue weighted by molar-refractivity contribution is -0.117. The molecule has 2 amide bonds. The lowest BCUT2D eigenvalue weighted by atomic mass is 10.00. The zero-order valence-electron chi connectivity index (χ0n) is 13.6. The van der Waals surface area contributed by atoms with Gasteiger partial charge in [-0.1, -0.05) is 12.1 Å². The van der Waals surface area contributed by atoms with Gasteiger partial charge in [-0.2, -0.15) is 0 Å². The fraction of sp³-hybridized carbons (Fsp3) is 0.263. The first-order valence-electron chi connectivity index (χ1n) is 7.95. The number of nitrogens with one attached hydrogen (secondary N) is 2. The summed E-state index contributed by atoms with van der Waals surface area (Å²) in [7, 11) is 1.80. The van der Waals surface area contributed by atoms with Crippen LogP contribution >= 0.6 is 0 Å². The zero-order chi connectivity index (χ0) is 16.8. The van der Waals surface area contributed by atoms with Gasteiger partial charge in [0.05, 0.1) is 12.1 Å². The van der Waals surface area contributed by atoms with Crippen LogP contribution in [0.5, 0.6) is 0 Å². The first-order chi connectivity index (χ1) is 11.5. The molecule has 0 aromatic heterocycles. The number of anilines is 3. The number of likely N-dealkylation sites (N-methyl/N-ethyl adjacent to an activating group) is 1. The molecular weight excluding hydrogens is 302 g/mol. The third-order valence-corrected chi connectivity index (χ3v) is 4.55. The fourth-order valence-corrected chi connectivity index (χ4v) is 3.32. The number of benzene rings is 1. The number of rotatable bonds is 1. The van der Waals surface area contributed by atoms with E-state index in [0.717, 1.165) is 28.1 Å². The molecule has 5 heteroatoms. The van der Waals surface area contributed by atoms with Crippen LogP contribution in [-0.4, -0.2) is 24.9 Å². The highest BCUT2D eigenvalue weighted by atomic mass is 16.2. The van der Waals surface area contributed by atoms with E-state index < -0.39 is 0 Å². The Morgan fingerprint density at radius 2 is 2.12 bits per heavy atom. The summed E-state index contributed by atoms with van der Waals surface area (Å²) in [4.78, 5) is 25.5. The first kappa shape index (κ1) is 14.6. The van der Waals surface area contributed by atoms with Crippen LogP contribution in [0, 0.1) is 12.1 Å². The molecule has 24 heavy (non-hydrogen) atoms. The van der Waals surface area contributed by atoms with Crippen molar-refractivity contribution in [2.75, 3.05) is 22.6 Å². The molecule has 4 rings (SSSR count). The van der Waals surface area contributed by atoms with Crippen LogP contribution in [-0.2, 0) is 16.0 Å². The molecule has 2 heterocycles. The Kier molecular flexibility index (Phi) is 3.20. The summed E-state index contributed by atoms with van der Waals surface area (Å²) in [6, 6.07) is 13.9. The van der Waals surface area contributed by atoms with Crippen molar-refractivity contribution in [2.45, 2.75) is 25.8 Å². The average Bonchev–Trinajstić information content (AvgIpc) is 2.72. The number of carbonyl (C=O) groups is 2. The highest BCUT2D eigenvalue weighted by Gasteiger charge is 2.25. The van der Waals surface area contributed by atoms with Crippen molar-refractivity contribution in [2.24, 2.45) is 0 Å². The van der Waals surface area contributed by atoms with Gasteiger partial charge in [-0.3, -0.25) is 9.59 Å². The van der Waals surface area contributed by atoms with E-state index >= 15 is 0 Å². The van der Waals surface area contributed by atoms with Crippen molar-refractivity contribution in [3.63, 3.8) is 0 Å². The third-order valence-electron chi connectivity index (χ3n) is 4.55. The molecular formula is C19H17N3O2. The van der Waals surface area contributed by atoms with E-state index in [1.807, 2.05) is 31.2 Å². The molecule has 0 radical (unpaired) electrons. The van der Waals surface area contributed by atoms with Crippen LogP contribution in [0.1, 0.15) is 18.9 Å². The largest absolute Gasteiger partial charge is 0.379 e. The Morgan fingerprint density at radius 3 is 2.96 bits per heavy atom. The maximum atomic E-state index is 11.9. The minimum Gasteiger partial charge on any atom is -0.379 e. The normalized spacial score (nSPS) is 18.9. The maximum absolute atomic E-state index is 11.9. The minimum atomic E-state index is -0.0308. The second kappa shape index (κ2) is 5.27. The average molecular weight is 319 g/mol.